The average Bonchev–Trinajstić information content (AvgIpc) is 2.14. The van der Waals surface area contributed by atoms with Gasteiger partial charge in [-0.25, -0.2) is 4.79 Å². The van der Waals surface area contributed by atoms with Crippen LogP contribution in [-0.4, -0.2) is 22.5 Å². The summed E-state index contributed by atoms with van der Waals surface area (Å²) in [6, 6.07) is 0. The molecule has 1 atom stereocenters. The van der Waals surface area contributed by atoms with Gasteiger partial charge in [0.1, 0.15) is 0 Å². The Morgan fingerprint density at radius 3 is 2.64 bits per heavy atom. The van der Waals surface area contributed by atoms with E-state index in [1.54, 1.807) is 6.92 Å². The Hall–Kier alpha value is -0.810. The Morgan fingerprint density at radius 2 is 2.00 bits per heavy atom. The van der Waals surface area contributed by atoms with Gasteiger partial charge in [-0.1, -0.05) is 6.42 Å². The summed E-state index contributed by atoms with van der Waals surface area (Å²) in [4.78, 5) is 11.1. The highest BCUT2D eigenvalue weighted by Gasteiger charge is 2.53. The van der Waals surface area contributed by atoms with Crippen LogP contribution in [0.15, 0.2) is 0 Å². The van der Waals surface area contributed by atoms with E-state index < -0.39 is 17.4 Å². The minimum absolute atomic E-state index is 0.501. The van der Waals surface area contributed by atoms with E-state index in [-0.39, 0.29) is 0 Å². The molecule has 1 aliphatic carbocycles. The normalized spacial score (nSPS) is 36.3. The van der Waals surface area contributed by atoms with Crippen LogP contribution in [0, 0.1) is 0 Å². The molecule has 2 fully saturated rings. The van der Waals surface area contributed by atoms with Crippen LogP contribution >= 0.6 is 0 Å². The molecule has 1 heterocycles. The van der Waals surface area contributed by atoms with E-state index in [0.717, 1.165) is 32.1 Å². The molecular weight excluding hydrogens is 184 g/mol. The van der Waals surface area contributed by atoms with Gasteiger partial charge < -0.3 is 9.84 Å². The first-order chi connectivity index (χ1) is 6.56. The van der Waals surface area contributed by atoms with E-state index in [2.05, 4.69) is 10.9 Å². The first-order valence-corrected chi connectivity index (χ1v) is 5.04. The van der Waals surface area contributed by atoms with Crippen LogP contribution in [0.4, 0.5) is 4.79 Å². The molecule has 0 aromatic carbocycles. The molecule has 3 N–H and O–H groups in total. The van der Waals surface area contributed by atoms with Gasteiger partial charge in [-0.05, 0) is 32.6 Å². The predicted molar refractivity (Wildman–Crippen MR) is 49.2 cm³/mol. The fourth-order valence-corrected chi connectivity index (χ4v) is 2.30. The quantitative estimate of drug-likeness (QED) is 0.536. The maximum atomic E-state index is 11.1. The first kappa shape index (κ1) is 9.73. The van der Waals surface area contributed by atoms with E-state index in [9.17, 15) is 9.90 Å². The van der Waals surface area contributed by atoms with E-state index in [1.165, 1.54) is 0 Å². The number of nitrogens with one attached hydrogen (secondary N) is 2. The Bertz CT molecular complexity index is 246. The predicted octanol–water partition coefficient (Wildman–Crippen LogP) is 0.642. The third-order valence-electron chi connectivity index (χ3n) is 3.24. The van der Waals surface area contributed by atoms with Crippen LogP contribution in [0.1, 0.15) is 39.0 Å². The minimum atomic E-state index is -1.18. The number of ether oxygens (including phenoxy) is 1. The second kappa shape index (κ2) is 3.10. The fraction of sp³-hybridized carbons (Fsp3) is 0.889. The van der Waals surface area contributed by atoms with Gasteiger partial charge in [-0.2, -0.15) is 5.43 Å². The molecule has 5 nitrogen and oxygen atoms in total. The average molecular weight is 200 g/mol. The monoisotopic (exact) mass is 200 g/mol. The molecule has 1 amide bonds. The summed E-state index contributed by atoms with van der Waals surface area (Å²) in [5.74, 6) is 0. The van der Waals surface area contributed by atoms with Crippen molar-refractivity contribution in [1.29, 1.82) is 0 Å². The molecule has 0 aromatic rings. The standard InChI is InChI=1S/C9H16N2O3/c1-8(13)9(5-3-2-4-6-9)14-7(12)10-11-8/h11,13H,2-6H2,1H3,(H,10,12). The molecular formula is C9H16N2O3. The van der Waals surface area contributed by atoms with Crippen LogP contribution in [-0.2, 0) is 4.74 Å². The van der Waals surface area contributed by atoms with Crippen LogP contribution in [0.5, 0.6) is 0 Å². The highest BCUT2D eigenvalue weighted by molar-refractivity contribution is 5.68. The van der Waals surface area contributed by atoms with Gasteiger partial charge in [0.05, 0.1) is 0 Å². The molecule has 0 bridgehead atoms. The molecule has 1 saturated heterocycles. The lowest BCUT2D eigenvalue weighted by Crippen LogP contribution is -2.72. The van der Waals surface area contributed by atoms with Gasteiger partial charge in [0, 0.05) is 0 Å². The Morgan fingerprint density at radius 1 is 1.36 bits per heavy atom. The molecule has 0 radical (unpaired) electrons. The molecule has 1 saturated carbocycles. The summed E-state index contributed by atoms with van der Waals surface area (Å²) < 4.78 is 5.27. The third-order valence-corrected chi connectivity index (χ3v) is 3.24. The number of amides is 1. The van der Waals surface area contributed by atoms with Crippen molar-refractivity contribution in [2.45, 2.75) is 50.4 Å². The van der Waals surface area contributed by atoms with E-state index in [4.69, 9.17) is 4.74 Å². The first-order valence-electron chi connectivity index (χ1n) is 5.04. The van der Waals surface area contributed by atoms with Crippen LogP contribution in [0.2, 0.25) is 0 Å². The van der Waals surface area contributed by atoms with Crippen molar-refractivity contribution < 1.29 is 14.6 Å². The van der Waals surface area contributed by atoms with Crippen molar-refractivity contribution in [2.24, 2.45) is 0 Å². The summed E-state index contributed by atoms with van der Waals surface area (Å²) in [6.07, 6.45) is 4.07. The number of carbonyl (C=O) groups excluding carboxylic acids is 1. The SMILES string of the molecule is CC1(O)NNC(=O)OC12CCCCC2. The van der Waals surface area contributed by atoms with Crippen molar-refractivity contribution in [3.63, 3.8) is 0 Å². The van der Waals surface area contributed by atoms with Crippen molar-refractivity contribution in [3.05, 3.63) is 0 Å². The molecule has 1 unspecified atom stereocenters. The highest BCUT2D eigenvalue weighted by atomic mass is 16.6. The number of carbonyl (C=O) groups is 1. The van der Waals surface area contributed by atoms with E-state index in [1.807, 2.05) is 0 Å². The van der Waals surface area contributed by atoms with E-state index >= 15 is 0 Å². The zero-order chi connectivity index (χ0) is 10.2. The molecule has 2 rings (SSSR count). The Balaban J connectivity index is 2.22. The molecule has 1 spiro atoms. The van der Waals surface area contributed by atoms with Gasteiger partial charge in [0.15, 0.2) is 11.3 Å². The van der Waals surface area contributed by atoms with Gasteiger partial charge in [0.25, 0.3) is 0 Å². The molecule has 2 aliphatic rings. The molecule has 14 heavy (non-hydrogen) atoms. The Kier molecular flexibility index (Phi) is 2.16. The molecule has 80 valence electrons. The van der Waals surface area contributed by atoms with Crippen LogP contribution in [0.25, 0.3) is 0 Å². The van der Waals surface area contributed by atoms with Crippen molar-refractivity contribution in [2.75, 3.05) is 0 Å². The second-order valence-electron chi connectivity index (χ2n) is 4.27. The second-order valence-corrected chi connectivity index (χ2v) is 4.27. The third kappa shape index (κ3) is 1.36. The summed E-state index contributed by atoms with van der Waals surface area (Å²) in [6.45, 7) is 1.64. The number of hydrogen-bond donors (Lipinski definition) is 3. The van der Waals surface area contributed by atoms with Gasteiger partial charge in [0.2, 0.25) is 0 Å². The summed E-state index contributed by atoms with van der Waals surface area (Å²) in [7, 11) is 0. The van der Waals surface area contributed by atoms with Crippen LogP contribution in [0.3, 0.4) is 0 Å². The lowest BCUT2D eigenvalue weighted by molar-refractivity contribution is -0.201. The lowest BCUT2D eigenvalue weighted by Gasteiger charge is -2.49. The molecule has 5 heteroatoms. The van der Waals surface area contributed by atoms with Gasteiger partial charge in [-0.3, -0.25) is 5.43 Å². The van der Waals surface area contributed by atoms with Crippen molar-refractivity contribution >= 4 is 6.09 Å². The van der Waals surface area contributed by atoms with Gasteiger partial charge in [-0.15, -0.1) is 0 Å². The zero-order valence-electron chi connectivity index (χ0n) is 8.30. The summed E-state index contributed by atoms with van der Waals surface area (Å²) >= 11 is 0. The Labute approximate surface area is 82.8 Å². The summed E-state index contributed by atoms with van der Waals surface area (Å²) in [5, 5.41) is 10.1. The molecule has 1 aliphatic heterocycles. The number of hydrazine groups is 1. The number of aliphatic hydroxyl groups is 1. The number of hydrogen-bond acceptors (Lipinski definition) is 4. The van der Waals surface area contributed by atoms with Crippen molar-refractivity contribution in [1.82, 2.24) is 10.9 Å². The zero-order valence-corrected chi connectivity index (χ0v) is 8.30. The number of rotatable bonds is 0. The largest absolute Gasteiger partial charge is 0.437 e. The maximum absolute atomic E-state index is 11.1. The highest BCUT2D eigenvalue weighted by Crippen LogP contribution is 2.40. The topological polar surface area (TPSA) is 70.6 Å². The minimum Gasteiger partial charge on any atom is -0.437 e. The lowest BCUT2D eigenvalue weighted by atomic mass is 9.77. The van der Waals surface area contributed by atoms with Crippen molar-refractivity contribution in [3.8, 4) is 0 Å². The molecule has 0 aromatic heterocycles. The fourth-order valence-electron chi connectivity index (χ4n) is 2.30. The summed E-state index contributed by atoms with van der Waals surface area (Å²) in [5.41, 5.74) is 2.96. The van der Waals surface area contributed by atoms with Gasteiger partial charge >= 0.3 is 6.09 Å². The maximum Gasteiger partial charge on any atom is 0.422 e. The van der Waals surface area contributed by atoms with E-state index in [0.29, 0.717) is 0 Å². The smallest absolute Gasteiger partial charge is 0.422 e. The van der Waals surface area contributed by atoms with Crippen LogP contribution < -0.4 is 10.9 Å².